The number of hydrogen-bond donors (Lipinski definition) is 1. The molecule has 12 heteroatoms. The van der Waals surface area contributed by atoms with Crippen molar-refractivity contribution in [3.8, 4) is 0 Å². The van der Waals surface area contributed by atoms with Crippen LogP contribution in [0.1, 0.15) is 5.56 Å². The van der Waals surface area contributed by atoms with Crippen molar-refractivity contribution in [1.29, 1.82) is 0 Å². The first-order chi connectivity index (χ1) is 11.1. The lowest BCUT2D eigenvalue weighted by Crippen LogP contribution is -2.15. The van der Waals surface area contributed by atoms with E-state index in [4.69, 9.17) is 11.6 Å². The molecule has 0 atom stereocenters. The zero-order valence-electron chi connectivity index (χ0n) is 12.3. The van der Waals surface area contributed by atoms with Crippen LogP contribution in [0, 0.1) is 10.1 Å². The molecule has 2 aromatic rings. The number of halogens is 4. The standard InChI is InChI=1S/C12H10ClF3N6O2/c1-21(2)11-8(22(23)24)10(18-5-19-11)20-9-7(13)3-6(4-17-9)12(14,15)16/h3-5H,1-2H3,(H,17,18,19,20). The molecule has 24 heavy (non-hydrogen) atoms. The first kappa shape index (κ1) is 17.7. The fourth-order valence-corrected chi connectivity index (χ4v) is 1.97. The number of nitrogens with one attached hydrogen (secondary N) is 1. The van der Waals surface area contributed by atoms with E-state index < -0.39 is 22.4 Å². The van der Waals surface area contributed by atoms with E-state index in [-0.39, 0.29) is 22.5 Å². The molecular formula is C12H10ClF3N6O2. The van der Waals surface area contributed by atoms with Gasteiger partial charge < -0.3 is 10.2 Å². The molecule has 2 aromatic heterocycles. The van der Waals surface area contributed by atoms with E-state index in [1.807, 2.05) is 0 Å². The SMILES string of the molecule is CN(C)c1ncnc(Nc2ncc(C(F)(F)F)cc2Cl)c1[N+](=O)[O-]. The maximum absolute atomic E-state index is 12.6. The van der Waals surface area contributed by atoms with Crippen molar-refractivity contribution in [2.45, 2.75) is 6.18 Å². The van der Waals surface area contributed by atoms with Crippen molar-refractivity contribution in [3.63, 3.8) is 0 Å². The largest absolute Gasteiger partial charge is 0.417 e. The summed E-state index contributed by atoms with van der Waals surface area (Å²) in [5.74, 6) is -0.426. The van der Waals surface area contributed by atoms with Gasteiger partial charge in [0.15, 0.2) is 5.82 Å². The summed E-state index contributed by atoms with van der Waals surface area (Å²) in [4.78, 5) is 23.0. The Balaban J connectivity index is 2.45. The van der Waals surface area contributed by atoms with Crippen LogP contribution in [-0.2, 0) is 6.18 Å². The average molecular weight is 363 g/mol. The second kappa shape index (κ2) is 6.43. The van der Waals surface area contributed by atoms with Crippen LogP contribution in [0.4, 0.5) is 36.3 Å². The van der Waals surface area contributed by atoms with Gasteiger partial charge in [-0.25, -0.2) is 15.0 Å². The Bertz CT molecular complexity index is 784. The van der Waals surface area contributed by atoms with Gasteiger partial charge in [0.25, 0.3) is 0 Å². The first-order valence-electron chi connectivity index (χ1n) is 6.27. The summed E-state index contributed by atoms with van der Waals surface area (Å²) in [6, 6.07) is 0.663. The molecular weight excluding hydrogens is 353 g/mol. The van der Waals surface area contributed by atoms with Crippen molar-refractivity contribution >= 4 is 34.7 Å². The lowest BCUT2D eigenvalue weighted by atomic mass is 10.2. The highest BCUT2D eigenvalue weighted by Crippen LogP contribution is 2.36. The fourth-order valence-electron chi connectivity index (χ4n) is 1.75. The van der Waals surface area contributed by atoms with Gasteiger partial charge in [-0.05, 0) is 6.07 Å². The van der Waals surface area contributed by atoms with Gasteiger partial charge in [0.1, 0.15) is 6.33 Å². The highest BCUT2D eigenvalue weighted by atomic mass is 35.5. The van der Waals surface area contributed by atoms with Gasteiger partial charge in [0.05, 0.1) is 15.5 Å². The monoisotopic (exact) mass is 362 g/mol. The van der Waals surface area contributed by atoms with Crippen LogP contribution in [0.15, 0.2) is 18.6 Å². The van der Waals surface area contributed by atoms with Crippen LogP contribution in [0.2, 0.25) is 5.02 Å². The van der Waals surface area contributed by atoms with Gasteiger partial charge in [-0.3, -0.25) is 10.1 Å². The van der Waals surface area contributed by atoms with Gasteiger partial charge in [-0.1, -0.05) is 11.6 Å². The minimum absolute atomic E-state index is 0.0144. The third-order valence-electron chi connectivity index (χ3n) is 2.81. The Morgan fingerprint density at radius 3 is 2.42 bits per heavy atom. The second-order valence-corrected chi connectivity index (χ2v) is 5.13. The first-order valence-corrected chi connectivity index (χ1v) is 6.65. The summed E-state index contributed by atoms with van der Waals surface area (Å²) in [5, 5.41) is 13.4. The molecule has 0 fully saturated rings. The molecule has 0 aromatic carbocycles. The van der Waals surface area contributed by atoms with Crippen LogP contribution in [0.25, 0.3) is 0 Å². The molecule has 8 nitrogen and oxygen atoms in total. The van der Waals surface area contributed by atoms with Crippen LogP contribution in [0.5, 0.6) is 0 Å². The molecule has 0 aliphatic heterocycles. The second-order valence-electron chi connectivity index (χ2n) is 4.72. The quantitative estimate of drug-likeness (QED) is 0.658. The molecule has 0 aliphatic rings. The van der Waals surface area contributed by atoms with Crippen molar-refractivity contribution in [3.05, 3.63) is 39.3 Å². The Hall–Kier alpha value is -2.69. The van der Waals surface area contributed by atoms with E-state index in [9.17, 15) is 23.3 Å². The normalized spacial score (nSPS) is 11.2. The van der Waals surface area contributed by atoms with Crippen molar-refractivity contribution < 1.29 is 18.1 Å². The number of nitro groups is 1. The summed E-state index contributed by atoms with van der Waals surface area (Å²) in [5.41, 5.74) is -1.50. The highest BCUT2D eigenvalue weighted by molar-refractivity contribution is 6.33. The van der Waals surface area contributed by atoms with Crippen LogP contribution in [0.3, 0.4) is 0 Å². The number of aromatic nitrogens is 3. The van der Waals surface area contributed by atoms with Gasteiger partial charge in [0, 0.05) is 20.3 Å². The van der Waals surface area contributed by atoms with Gasteiger partial charge >= 0.3 is 11.9 Å². The lowest BCUT2D eigenvalue weighted by Gasteiger charge is -2.14. The summed E-state index contributed by atoms with van der Waals surface area (Å²) >= 11 is 5.77. The summed E-state index contributed by atoms with van der Waals surface area (Å²) in [6.45, 7) is 0. The molecule has 128 valence electrons. The number of pyridine rings is 1. The molecule has 0 saturated heterocycles. The minimum atomic E-state index is -4.60. The lowest BCUT2D eigenvalue weighted by molar-refractivity contribution is -0.383. The fraction of sp³-hybridized carbons (Fsp3) is 0.250. The summed E-state index contributed by atoms with van der Waals surface area (Å²) in [6.07, 6.45) is -2.97. The molecule has 0 saturated carbocycles. The van der Waals surface area contributed by atoms with Gasteiger partial charge in [-0.15, -0.1) is 0 Å². The molecule has 2 heterocycles. The van der Waals surface area contributed by atoms with E-state index in [0.29, 0.717) is 12.3 Å². The Labute approximate surface area is 138 Å². The Kier molecular flexibility index (Phi) is 4.73. The Morgan fingerprint density at radius 1 is 1.25 bits per heavy atom. The predicted octanol–water partition coefficient (Wildman–Crippen LogP) is 3.26. The third kappa shape index (κ3) is 3.62. The zero-order valence-corrected chi connectivity index (χ0v) is 13.1. The summed E-state index contributed by atoms with van der Waals surface area (Å²) in [7, 11) is 3.09. The Morgan fingerprint density at radius 2 is 1.92 bits per heavy atom. The molecule has 0 bridgehead atoms. The number of anilines is 3. The van der Waals surface area contributed by atoms with Crippen molar-refractivity contribution in [2.24, 2.45) is 0 Å². The number of nitrogens with zero attached hydrogens (tertiary/aromatic N) is 5. The van der Waals surface area contributed by atoms with Gasteiger partial charge in [-0.2, -0.15) is 13.2 Å². The molecule has 0 spiro atoms. The molecule has 0 aliphatic carbocycles. The number of rotatable bonds is 4. The smallest absolute Gasteiger partial charge is 0.357 e. The molecule has 2 rings (SSSR count). The third-order valence-corrected chi connectivity index (χ3v) is 3.10. The maximum Gasteiger partial charge on any atom is 0.417 e. The van der Waals surface area contributed by atoms with Crippen LogP contribution in [-0.4, -0.2) is 34.0 Å². The maximum atomic E-state index is 12.6. The van der Waals surface area contributed by atoms with E-state index in [1.165, 1.54) is 4.90 Å². The summed E-state index contributed by atoms with van der Waals surface area (Å²) < 4.78 is 37.8. The highest BCUT2D eigenvalue weighted by Gasteiger charge is 2.32. The van der Waals surface area contributed by atoms with E-state index >= 15 is 0 Å². The van der Waals surface area contributed by atoms with Crippen molar-refractivity contribution in [1.82, 2.24) is 15.0 Å². The molecule has 0 amide bonds. The molecule has 0 unspecified atom stereocenters. The minimum Gasteiger partial charge on any atom is -0.357 e. The van der Waals surface area contributed by atoms with E-state index in [0.717, 1.165) is 6.33 Å². The molecule has 0 radical (unpaired) electrons. The number of alkyl halides is 3. The van der Waals surface area contributed by atoms with Crippen molar-refractivity contribution in [2.75, 3.05) is 24.3 Å². The predicted molar refractivity (Wildman–Crippen MR) is 80.5 cm³/mol. The van der Waals surface area contributed by atoms with Crippen LogP contribution < -0.4 is 10.2 Å². The topological polar surface area (TPSA) is 97.1 Å². The average Bonchev–Trinajstić information content (AvgIpc) is 2.47. The zero-order chi connectivity index (χ0) is 18.1. The van der Waals surface area contributed by atoms with E-state index in [1.54, 1.807) is 14.1 Å². The van der Waals surface area contributed by atoms with Crippen LogP contribution >= 0.6 is 11.6 Å². The van der Waals surface area contributed by atoms with Gasteiger partial charge in [0.2, 0.25) is 11.6 Å². The van der Waals surface area contributed by atoms with E-state index in [2.05, 4.69) is 20.3 Å². The molecule has 1 N–H and O–H groups in total. The number of hydrogen-bond acceptors (Lipinski definition) is 7.